The van der Waals surface area contributed by atoms with Gasteiger partial charge in [0, 0.05) is 6.54 Å². The Kier molecular flexibility index (Phi) is 6.19. The third-order valence-electron chi connectivity index (χ3n) is 3.52. The summed E-state index contributed by atoms with van der Waals surface area (Å²) >= 11 is 0. The molecule has 4 N–H and O–H groups in total. The molecule has 2 rings (SSSR count). The van der Waals surface area contributed by atoms with Crippen molar-refractivity contribution in [1.82, 2.24) is 10.6 Å². The SMILES string of the molecule is Cc1ccc(CNC[C@H](O)[C@H](Cc2ccccc2)NC(=O)O)o1. The van der Waals surface area contributed by atoms with Crippen molar-refractivity contribution in [3.8, 4) is 0 Å². The second kappa shape index (κ2) is 8.36. The van der Waals surface area contributed by atoms with E-state index in [9.17, 15) is 9.90 Å². The molecule has 0 fully saturated rings. The maximum atomic E-state index is 10.9. The molecule has 0 aliphatic heterocycles. The average Bonchev–Trinajstić information content (AvgIpc) is 2.92. The van der Waals surface area contributed by atoms with E-state index in [1.807, 2.05) is 49.4 Å². The van der Waals surface area contributed by atoms with E-state index in [1.165, 1.54) is 0 Å². The number of aliphatic hydroxyl groups is 1. The van der Waals surface area contributed by atoms with Crippen LogP contribution in [0.25, 0.3) is 0 Å². The largest absolute Gasteiger partial charge is 0.465 e. The third-order valence-corrected chi connectivity index (χ3v) is 3.52. The Labute approximate surface area is 135 Å². The molecule has 1 amide bonds. The fraction of sp³-hybridized carbons (Fsp3) is 0.353. The smallest absolute Gasteiger partial charge is 0.404 e. The molecule has 1 aromatic carbocycles. The van der Waals surface area contributed by atoms with Gasteiger partial charge in [0.1, 0.15) is 11.5 Å². The molecule has 6 nitrogen and oxygen atoms in total. The molecule has 1 aromatic heterocycles. The van der Waals surface area contributed by atoms with Crippen LogP contribution in [-0.4, -0.2) is 35.0 Å². The van der Waals surface area contributed by atoms with Crippen LogP contribution in [0.4, 0.5) is 4.79 Å². The normalized spacial score (nSPS) is 13.5. The van der Waals surface area contributed by atoms with Gasteiger partial charge in [-0.15, -0.1) is 0 Å². The minimum absolute atomic E-state index is 0.261. The lowest BCUT2D eigenvalue weighted by atomic mass is 10.0. The number of hydrogen-bond donors (Lipinski definition) is 4. The van der Waals surface area contributed by atoms with Crippen molar-refractivity contribution in [2.24, 2.45) is 0 Å². The van der Waals surface area contributed by atoms with Crippen molar-refractivity contribution in [3.05, 3.63) is 59.5 Å². The van der Waals surface area contributed by atoms with Crippen LogP contribution in [0, 0.1) is 6.92 Å². The van der Waals surface area contributed by atoms with Crippen LogP contribution in [0.1, 0.15) is 17.1 Å². The van der Waals surface area contributed by atoms with Crippen LogP contribution in [0.5, 0.6) is 0 Å². The molecule has 0 aliphatic rings. The monoisotopic (exact) mass is 318 g/mol. The fourth-order valence-corrected chi connectivity index (χ4v) is 2.38. The molecule has 0 aliphatic carbocycles. The van der Waals surface area contributed by atoms with Crippen molar-refractivity contribution in [3.63, 3.8) is 0 Å². The number of carbonyl (C=O) groups is 1. The van der Waals surface area contributed by atoms with Crippen LogP contribution in [0.2, 0.25) is 0 Å². The Morgan fingerprint density at radius 1 is 1.22 bits per heavy atom. The second-order valence-electron chi connectivity index (χ2n) is 5.46. The van der Waals surface area contributed by atoms with Crippen molar-refractivity contribution in [1.29, 1.82) is 0 Å². The van der Waals surface area contributed by atoms with Crippen molar-refractivity contribution in [2.45, 2.75) is 32.0 Å². The minimum atomic E-state index is -1.15. The minimum Gasteiger partial charge on any atom is -0.465 e. The van der Waals surface area contributed by atoms with Crippen molar-refractivity contribution < 1.29 is 19.4 Å². The summed E-state index contributed by atoms with van der Waals surface area (Å²) in [6.45, 7) is 2.61. The van der Waals surface area contributed by atoms with Crippen LogP contribution in [-0.2, 0) is 13.0 Å². The molecular weight excluding hydrogens is 296 g/mol. The highest BCUT2D eigenvalue weighted by molar-refractivity contribution is 5.65. The molecule has 124 valence electrons. The molecule has 0 bridgehead atoms. The first kappa shape index (κ1) is 17.1. The highest BCUT2D eigenvalue weighted by atomic mass is 16.4. The summed E-state index contributed by atoms with van der Waals surface area (Å²) in [6, 6.07) is 12.6. The van der Waals surface area contributed by atoms with Crippen LogP contribution in [0.3, 0.4) is 0 Å². The van der Waals surface area contributed by atoms with Crippen LogP contribution < -0.4 is 10.6 Å². The first-order valence-corrected chi connectivity index (χ1v) is 7.52. The summed E-state index contributed by atoms with van der Waals surface area (Å²) in [6.07, 6.45) is -1.57. The summed E-state index contributed by atoms with van der Waals surface area (Å²) < 4.78 is 5.43. The Balaban J connectivity index is 1.87. The molecule has 0 spiro atoms. The Bertz CT molecular complexity index is 612. The van der Waals surface area contributed by atoms with E-state index in [2.05, 4.69) is 10.6 Å². The number of benzene rings is 1. The van der Waals surface area contributed by atoms with Gasteiger partial charge in [-0.25, -0.2) is 4.79 Å². The Morgan fingerprint density at radius 3 is 2.57 bits per heavy atom. The summed E-state index contributed by atoms with van der Waals surface area (Å²) in [5.41, 5.74) is 0.965. The second-order valence-corrected chi connectivity index (χ2v) is 5.46. The highest BCUT2D eigenvalue weighted by Crippen LogP contribution is 2.08. The molecule has 0 saturated carbocycles. The Hall–Kier alpha value is -2.31. The van der Waals surface area contributed by atoms with Gasteiger partial charge in [0.25, 0.3) is 0 Å². The lowest BCUT2D eigenvalue weighted by Gasteiger charge is -2.23. The van der Waals surface area contributed by atoms with E-state index in [0.29, 0.717) is 13.0 Å². The number of nitrogens with one attached hydrogen (secondary N) is 2. The first-order chi connectivity index (χ1) is 11.0. The number of aryl methyl sites for hydroxylation is 1. The van der Waals surface area contributed by atoms with Gasteiger partial charge in [-0.1, -0.05) is 30.3 Å². The van der Waals surface area contributed by atoms with E-state index in [0.717, 1.165) is 17.1 Å². The van der Waals surface area contributed by atoms with E-state index in [1.54, 1.807) is 0 Å². The van der Waals surface area contributed by atoms with Crippen LogP contribution >= 0.6 is 0 Å². The highest BCUT2D eigenvalue weighted by Gasteiger charge is 2.21. The number of hydrogen-bond acceptors (Lipinski definition) is 4. The van der Waals surface area contributed by atoms with Gasteiger partial charge in [0.2, 0.25) is 0 Å². The Morgan fingerprint density at radius 2 is 1.96 bits per heavy atom. The lowest BCUT2D eigenvalue weighted by molar-refractivity contribution is 0.117. The van der Waals surface area contributed by atoms with Crippen molar-refractivity contribution >= 4 is 6.09 Å². The number of rotatable bonds is 8. The van der Waals surface area contributed by atoms with Gasteiger partial charge in [-0.05, 0) is 31.0 Å². The molecular formula is C17H22N2O4. The quantitative estimate of drug-likeness (QED) is 0.596. The van der Waals surface area contributed by atoms with E-state index in [4.69, 9.17) is 9.52 Å². The standard InChI is InChI=1S/C17H22N2O4/c1-12-7-8-14(23-12)10-18-11-16(20)15(19-17(21)22)9-13-5-3-2-4-6-13/h2-8,15-16,18-20H,9-11H2,1H3,(H,21,22)/t15-,16-/m0/s1. The predicted molar refractivity (Wildman–Crippen MR) is 86.3 cm³/mol. The van der Waals surface area contributed by atoms with E-state index < -0.39 is 18.2 Å². The van der Waals surface area contributed by atoms with Gasteiger partial charge in [-0.3, -0.25) is 0 Å². The molecule has 0 radical (unpaired) electrons. The number of amides is 1. The van der Waals surface area contributed by atoms with Crippen LogP contribution in [0.15, 0.2) is 46.9 Å². The van der Waals surface area contributed by atoms with Gasteiger partial charge in [-0.2, -0.15) is 0 Å². The number of aliphatic hydroxyl groups excluding tert-OH is 1. The zero-order valence-corrected chi connectivity index (χ0v) is 13.0. The fourth-order valence-electron chi connectivity index (χ4n) is 2.38. The van der Waals surface area contributed by atoms with E-state index >= 15 is 0 Å². The summed E-state index contributed by atoms with van der Waals surface area (Å²) in [4.78, 5) is 10.9. The third kappa shape index (κ3) is 5.77. The molecule has 0 unspecified atom stereocenters. The van der Waals surface area contributed by atoms with E-state index in [-0.39, 0.29) is 6.54 Å². The van der Waals surface area contributed by atoms with Gasteiger partial charge in [0.05, 0.1) is 18.7 Å². The first-order valence-electron chi connectivity index (χ1n) is 7.52. The zero-order valence-electron chi connectivity index (χ0n) is 13.0. The molecule has 2 atom stereocenters. The maximum absolute atomic E-state index is 10.9. The molecule has 2 aromatic rings. The van der Waals surface area contributed by atoms with Gasteiger partial charge < -0.3 is 25.3 Å². The molecule has 1 heterocycles. The summed E-state index contributed by atoms with van der Waals surface area (Å²) in [7, 11) is 0. The van der Waals surface area contributed by atoms with Gasteiger partial charge >= 0.3 is 6.09 Å². The summed E-state index contributed by atoms with van der Waals surface area (Å²) in [5, 5.41) is 24.7. The average molecular weight is 318 g/mol. The van der Waals surface area contributed by atoms with Crippen molar-refractivity contribution in [2.75, 3.05) is 6.54 Å². The van der Waals surface area contributed by atoms with Gasteiger partial charge in [0.15, 0.2) is 0 Å². The topological polar surface area (TPSA) is 94.7 Å². The molecule has 0 saturated heterocycles. The zero-order chi connectivity index (χ0) is 16.7. The molecule has 23 heavy (non-hydrogen) atoms. The number of furan rings is 1. The predicted octanol–water partition coefficient (Wildman–Crippen LogP) is 1.92. The lowest BCUT2D eigenvalue weighted by Crippen LogP contribution is -2.48. The molecule has 6 heteroatoms. The maximum Gasteiger partial charge on any atom is 0.404 e. The number of carboxylic acid groups (broad SMARTS) is 1. The summed E-state index contributed by atoms with van der Waals surface area (Å²) in [5.74, 6) is 1.61.